The van der Waals surface area contributed by atoms with Crippen LogP contribution in [0.3, 0.4) is 0 Å². The zero-order valence-corrected chi connectivity index (χ0v) is 6.59. The summed E-state index contributed by atoms with van der Waals surface area (Å²) >= 11 is 0. The first-order valence-electron chi connectivity index (χ1n) is 3.22. The third-order valence-corrected chi connectivity index (χ3v) is 0.453. The van der Waals surface area contributed by atoms with Crippen molar-refractivity contribution in [1.29, 1.82) is 0 Å². The maximum atomic E-state index is 10.1. The molecule has 0 bridgehead atoms. The van der Waals surface area contributed by atoms with Crippen LogP contribution in [-0.4, -0.2) is 19.1 Å². The van der Waals surface area contributed by atoms with Crippen molar-refractivity contribution >= 4 is 5.97 Å². The molecular formula is C7H15NO2. The van der Waals surface area contributed by atoms with Crippen LogP contribution in [0.15, 0.2) is 12.7 Å². The first-order chi connectivity index (χ1) is 4.72. The normalized spacial score (nSPS) is 7.10. The van der Waals surface area contributed by atoms with Crippen molar-refractivity contribution in [3.05, 3.63) is 12.7 Å². The van der Waals surface area contributed by atoms with E-state index in [9.17, 15) is 4.79 Å². The van der Waals surface area contributed by atoms with E-state index in [1.54, 1.807) is 6.92 Å². The second-order valence-electron chi connectivity index (χ2n) is 1.36. The molecule has 0 heterocycles. The molecule has 0 aromatic carbocycles. The van der Waals surface area contributed by atoms with Gasteiger partial charge in [-0.1, -0.05) is 13.5 Å². The van der Waals surface area contributed by atoms with Gasteiger partial charge < -0.3 is 10.5 Å². The number of rotatable bonds is 2. The molecule has 3 nitrogen and oxygen atoms in total. The number of carbonyl (C=O) groups is 1. The Morgan fingerprint density at radius 3 is 2.20 bits per heavy atom. The fourth-order valence-corrected chi connectivity index (χ4v) is 0.201. The monoisotopic (exact) mass is 145 g/mol. The highest BCUT2D eigenvalue weighted by Gasteiger charge is 1.86. The Morgan fingerprint density at radius 1 is 1.70 bits per heavy atom. The number of nitrogens with two attached hydrogens (primary N) is 1. The molecule has 0 aromatic rings. The van der Waals surface area contributed by atoms with Gasteiger partial charge in [-0.3, -0.25) is 0 Å². The van der Waals surface area contributed by atoms with Gasteiger partial charge in [0, 0.05) is 6.08 Å². The van der Waals surface area contributed by atoms with Crippen molar-refractivity contribution < 1.29 is 9.53 Å². The molecule has 0 aromatic heterocycles. The van der Waals surface area contributed by atoms with E-state index in [0.29, 0.717) is 6.61 Å². The minimum absolute atomic E-state index is 0.359. The van der Waals surface area contributed by atoms with Crippen LogP contribution in [0.4, 0.5) is 0 Å². The van der Waals surface area contributed by atoms with E-state index >= 15 is 0 Å². The van der Waals surface area contributed by atoms with Crippen molar-refractivity contribution in [3.63, 3.8) is 0 Å². The average molecular weight is 145 g/mol. The van der Waals surface area contributed by atoms with Crippen LogP contribution in [0.1, 0.15) is 13.8 Å². The SMILES string of the molecule is C=CC(=O)OCC.CCN. The summed E-state index contributed by atoms with van der Waals surface area (Å²) in [6.45, 7) is 8.03. The van der Waals surface area contributed by atoms with Crippen molar-refractivity contribution in [2.24, 2.45) is 5.73 Å². The second-order valence-corrected chi connectivity index (χ2v) is 1.36. The largest absolute Gasteiger partial charge is 0.463 e. The van der Waals surface area contributed by atoms with Crippen molar-refractivity contribution in [1.82, 2.24) is 0 Å². The van der Waals surface area contributed by atoms with Gasteiger partial charge in [0.25, 0.3) is 0 Å². The predicted octanol–water partition coefficient (Wildman–Crippen LogP) is 0.701. The van der Waals surface area contributed by atoms with Gasteiger partial charge in [-0.2, -0.15) is 0 Å². The van der Waals surface area contributed by atoms with Crippen LogP contribution < -0.4 is 5.73 Å². The Kier molecular flexibility index (Phi) is 13.1. The predicted molar refractivity (Wildman–Crippen MR) is 41.6 cm³/mol. The molecule has 0 amide bonds. The molecule has 0 unspecified atom stereocenters. The van der Waals surface area contributed by atoms with E-state index in [0.717, 1.165) is 12.6 Å². The lowest BCUT2D eigenvalue weighted by Gasteiger charge is -1.90. The molecule has 0 fully saturated rings. The van der Waals surface area contributed by atoms with Gasteiger partial charge in [0.05, 0.1) is 6.61 Å². The Labute approximate surface area is 61.9 Å². The minimum Gasteiger partial charge on any atom is -0.463 e. The maximum absolute atomic E-state index is 10.1. The van der Waals surface area contributed by atoms with Crippen LogP contribution in [0.25, 0.3) is 0 Å². The van der Waals surface area contributed by atoms with Crippen molar-refractivity contribution in [2.75, 3.05) is 13.2 Å². The summed E-state index contributed by atoms with van der Waals surface area (Å²) in [7, 11) is 0. The number of ether oxygens (including phenoxy) is 1. The molecule has 0 saturated carbocycles. The van der Waals surface area contributed by atoms with Gasteiger partial charge in [0.15, 0.2) is 0 Å². The van der Waals surface area contributed by atoms with Crippen LogP contribution in [0.5, 0.6) is 0 Å². The van der Waals surface area contributed by atoms with E-state index < -0.39 is 0 Å². The number of hydrogen-bond donors (Lipinski definition) is 1. The summed E-state index contributed by atoms with van der Waals surface area (Å²) in [5, 5.41) is 0. The number of carbonyl (C=O) groups excluding carboxylic acids is 1. The topological polar surface area (TPSA) is 52.3 Å². The third-order valence-electron chi connectivity index (χ3n) is 0.453. The summed E-state index contributed by atoms with van der Waals surface area (Å²) in [6.07, 6.45) is 1.14. The molecular weight excluding hydrogens is 130 g/mol. The van der Waals surface area contributed by atoms with Gasteiger partial charge in [0.1, 0.15) is 0 Å². The van der Waals surface area contributed by atoms with E-state index in [2.05, 4.69) is 11.3 Å². The standard InChI is InChI=1S/C5H8O2.C2H7N/c1-3-5(6)7-4-2;1-2-3/h3H,1,4H2,2H3;2-3H2,1H3. The Morgan fingerprint density at radius 2 is 2.10 bits per heavy atom. The lowest BCUT2D eigenvalue weighted by Crippen LogP contribution is -1.97. The molecule has 2 N–H and O–H groups in total. The third kappa shape index (κ3) is 15.7. The molecule has 0 rings (SSSR count). The molecule has 60 valence electrons. The average Bonchev–Trinajstić information content (AvgIpc) is 1.90. The first kappa shape index (κ1) is 11.9. The Bertz CT molecular complexity index is 91.6. The summed E-state index contributed by atoms with van der Waals surface area (Å²) in [6, 6.07) is 0. The van der Waals surface area contributed by atoms with Gasteiger partial charge in [-0.05, 0) is 13.5 Å². The van der Waals surface area contributed by atoms with E-state index in [4.69, 9.17) is 5.73 Å². The van der Waals surface area contributed by atoms with Crippen molar-refractivity contribution in [3.8, 4) is 0 Å². The minimum atomic E-state index is -0.359. The van der Waals surface area contributed by atoms with E-state index in [-0.39, 0.29) is 5.97 Å². The first-order valence-corrected chi connectivity index (χ1v) is 3.22. The van der Waals surface area contributed by atoms with Gasteiger partial charge >= 0.3 is 5.97 Å². The summed E-state index contributed by atoms with van der Waals surface area (Å²) in [5.41, 5.74) is 4.85. The second kappa shape index (κ2) is 11.0. The summed E-state index contributed by atoms with van der Waals surface area (Å²) in [4.78, 5) is 10.1. The summed E-state index contributed by atoms with van der Waals surface area (Å²) < 4.78 is 4.43. The molecule has 0 aliphatic rings. The fraction of sp³-hybridized carbons (Fsp3) is 0.571. The summed E-state index contributed by atoms with van der Waals surface area (Å²) in [5.74, 6) is -0.359. The zero-order valence-electron chi connectivity index (χ0n) is 6.59. The molecule has 0 atom stereocenters. The van der Waals surface area contributed by atoms with Crippen LogP contribution in [-0.2, 0) is 9.53 Å². The molecule has 3 heteroatoms. The molecule has 0 aliphatic carbocycles. The highest BCUT2D eigenvalue weighted by atomic mass is 16.5. The fourth-order valence-electron chi connectivity index (χ4n) is 0.201. The zero-order chi connectivity index (χ0) is 8.41. The van der Waals surface area contributed by atoms with Crippen LogP contribution in [0, 0.1) is 0 Å². The Balaban J connectivity index is 0. The maximum Gasteiger partial charge on any atom is 0.330 e. The van der Waals surface area contributed by atoms with E-state index in [1.807, 2.05) is 6.92 Å². The Hall–Kier alpha value is -0.830. The molecule has 10 heavy (non-hydrogen) atoms. The lowest BCUT2D eigenvalue weighted by molar-refractivity contribution is -0.137. The quantitative estimate of drug-likeness (QED) is 0.459. The molecule has 0 spiro atoms. The highest BCUT2D eigenvalue weighted by Crippen LogP contribution is 1.74. The molecule has 0 saturated heterocycles. The molecule has 0 radical (unpaired) electrons. The lowest BCUT2D eigenvalue weighted by atomic mass is 10.6. The molecule has 0 aliphatic heterocycles. The van der Waals surface area contributed by atoms with E-state index in [1.165, 1.54) is 0 Å². The van der Waals surface area contributed by atoms with Crippen molar-refractivity contribution in [2.45, 2.75) is 13.8 Å². The highest BCUT2D eigenvalue weighted by molar-refractivity contribution is 5.81. The smallest absolute Gasteiger partial charge is 0.330 e. The number of esters is 1. The van der Waals surface area contributed by atoms with Gasteiger partial charge in [-0.25, -0.2) is 4.79 Å². The van der Waals surface area contributed by atoms with Crippen LogP contribution >= 0.6 is 0 Å². The number of hydrogen-bond acceptors (Lipinski definition) is 3. The van der Waals surface area contributed by atoms with Gasteiger partial charge in [0.2, 0.25) is 0 Å². The van der Waals surface area contributed by atoms with Crippen LogP contribution in [0.2, 0.25) is 0 Å². The van der Waals surface area contributed by atoms with Gasteiger partial charge in [-0.15, -0.1) is 0 Å².